The number of hydrogen-bond acceptors (Lipinski definition) is 5. The molecular weight excluding hydrogens is 327 g/mol. The van der Waals surface area contributed by atoms with Gasteiger partial charge in [0.2, 0.25) is 5.91 Å². The Bertz CT molecular complexity index is 607. The Morgan fingerprint density at radius 3 is 2.72 bits per heavy atom. The second kappa shape index (κ2) is 8.01. The van der Waals surface area contributed by atoms with Gasteiger partial charge in [-0.25, -0.2) is 4.39 Å². The van der Waals surface area contributed by atoms with Gasteiger partial charge in [-0.15, -0.1) is 0 Å². The van der Waals surface area contributed by atoms with Crippen molar-refractivity contribution in [3.05, 3.63) is 23.8 Å². The van der Waals surface area contributed by atoms with E-state index in [1.54, 1.807) is 25.2 Å². The van der Waals surface area contributed by atoms with Gasteiger partial charge in [0.05, 0.1) is 33.5 Å². The maximum Gasteiger partial charge on any atom is 0.240 e. The van der Waals surface area contributed by atoms with Crippen molar-refractivity contribution < 1.29 is 23.4 Å². The van der Waals surface area contributed by atoms with Gasteiger partial charge in [0.15, 0.2) is 0 Å². The number of nitrogens with zero attached hydrogens (tertiary/aromatic N) is 2. The van der Waals surface area contributed by atoms with Crippen LogP contribution in [0.15, 0.2) is 18.2 Å². The number of carbonyl (C=O) groups excluding carboxylic acids is 1. The first kappa shape index (κ1) is 17.9. The molecule has 0 N–H and O–H groups in total. The molecule has 1 aromatic carbocycles. The highest BCUT2D eigenvalue weighted by molar-refractivity contribution is 5.82. The van der Waals surface area contributed by atoms with Crippen LogP contribution in [-0.4, -0.2) is 75.0 Å². The van der Waals surface area contributed by atoms with E-state index in [9.17, 15) is 9.18 Å². The Balaban J connectivity index is 1.74. The van der Waals surface area contributed by atoms with Crippen LogP contribution < -0.4 is 9.47 Å². The summed E-state index contributed by atoms with van der Waals surface area (Å²) >= 11 is 0. The number of alkyl halides is 1. The van der Waals surface area contributed by atoms with Gasteiger partial charge in [-0.2, -0.15) is 0 Å². The normalized spacial score (nSPS) is 24.4. The van der Waals surface area contributed by atoms with E-state index in [4.69, 9.17) is 14.2 Å². The van der Waals surface area contributed by atoms with Crippen LogP contribution in [0.4, 0.5) is 4.39 Å². The second-order valence-corrected chi connectivity index (χ2v) is 6.39. The number of carbonyl (C=O) groups is 1. The lowest BCUT2D eigenvalue weighted by atomic mass is 10.1. The van der Waals surface area contributed by atoms with E-state index in [0.717, 1.165) is 5.56 Å². The topological polar surface area (TPSA) is 51.2 Å². The second-order valence-electron chi connectivity index (χ2n) is 6.39. The van der Waals surface area contributed by atoms with E-state index in [0.29, 0.717) is 44.3 Å². The first-order valence-electron chi connectivity index (χ1n) is 8.58. The summed E-state index contributed by atoms with van der Waals surface area (Å²) in [5, 5.41) is 0. The molecule has 2 atom stereocenters. The Labute approximate surface area is 147 Å². The molecule has 6 nitrogen and oxygen atoms in total. The van der Waals surface area contributed by atoms with Crippen LogP contribution in [0.5, 0.6) is 11.5 Å². The van der Waals surface area contributed by atoms with Crippen molar-refractivity contribution in [3.63, 3.8) is 0 Å². The fourth-order valence-electron chi connectivity index (χ4n) is 3.48. The van der Waals surface area contributed by atoms with Crippen LogP contribution in [0.3, 0.4) is 0 Å². The predicted octanol–water partition coefficient (Wildman–Crippen LogP) is 1.47. The van der Waals surface area contributed by atoms with Gasteiger partial charge in [-0.05, 0) is 6.07 Å². The van der Waals surface area contributed by atoms with E-state index in [1.807, 2.05) is 17.0 Å². The Morgan fingerprint density at radius 2 is 2.04 bits per heavy atom. The summed E-state index contributed by atoms with van der Waals surface area (Å²) in [6, 6.07) is 5.12. The molecule has 0 spiro atoms. The van der Waals surface area contributed by atoms with Gasteiger partial charge >= 0.3 is 0 Å². The smallest absolute Gasteiger partial charge is 0.240 e. The lowest BCUT2D eigenvalue weighted by Gasteiger charge is -2.32. The quantitative estimate of drug-likeness (QED) is 0.803. The van der Waals surface area contributed by atoms with Gasteiger partial charge in [0.25, 0.3) is 0 Å². The number of amides is 1. The number of likely N-dealkylation sites (tertiary alicyclic amines) is 1. The first-order chi connectivity index (χ1) is 12.1. The highest BCUT2D eigenvalue weighted by Crippen LogP contribution is 2.30. The highest BCUT2D eigenvalue weighted by Gasteiger charge is 2.39. The molecule has 0 aromatic heterocycles. The maximum atomic E-state index is 14.1. The number of methoxy groups -OCH3 is 2. The summed E-state index contributed by atoms with van der Waals surface area (Å²) in [6.07, 6.45) is -0.742. The van der Waals surface area contributed by atoms with Crippen LogP contribution >= 0.6 is 0 Å². The van der Waals surface area contributed by atoms with Crippen molar-refractivity contribution >= 4 is 5.91 Å². The number of benzene rings is 1. The lowest BCUT2D eigenvalue weighted by molar-refractivity contribution is -0.140. The van der Waals surface area contributed by atoms with Crippen molar-refractivity contribution in [1.82, 2.24) is 9.80 Å². The van der Waals surface area contributed by atoms with E-state index in [-0.39, 0.29) is 18.9 Å². The average molecular weight is 352 g/mol. The van der Waals surface area contributed by atoms with Crippen molar-refractivity contribution in [1.29, 1.82) is 0 Å². The summed E-state index contributed by atoms with van der Waals surface area (Å²) in [5.74, 6) is 1.38. The molecule has 25 heavy (non-hydrogen) atoms. The Hall–Kier alpha value is -1.86. The third-order valence-corrected chi connectivity index (χ3v) is 4.83. The third-order valence-electron chi connectivity index (χ3n) is 4.83. The van der Waals surface area contributed by atoms with Gasteiger partial charge < -0.3 is 19.1 Å². The summed E-state index contributed by atoms with van der Waals surface area (Å²) < 4.78 is 30.0. The zero-order valence-corrected chi connectivity index (χ0v) is 14.7. The fourth-order valence-corrected chi connectivity index (χ4v) is 3.48. The number of morpholine rings is 1. The zero-order chi connectivity index (χ0) is 17.8. The minimum atomic E-state index is -0.987. The predicted molar refractivity (Wildman–Crippen MR) is 90.7 cm³/mol. The molecule has 138 valence electrons. The lowest BCUT2D eigenvalue weighted by Crippen LogP contribution is -2.49. The molecule has 0 bridgehead atoms. The van der Waals surface area contributed by atoms with Crippen molar-refractivity contribution in [2.45, 2.75) is 25.2 Å². The Kier molecular flexibility index (Phi) is 5.75. The summed E-state index contributed by atoms with van der Waals surface area (Å²) in [5.41, 5.74) is 0.914. The fraction of sp³-hybridized carbons (Fsp3) is 0.611. The summed E-state index contributed by atoms with van der Waals surface area (Å²) in [6.45, 7) is 2.97. The minimum Gasteiger partial charge on any atom is -0.497 e. The Morgan fingerprint density at radius 1 is 1.28 bits per heavy atom. The number of halogens is 1. The monoisotopic (exact) mass is 352 g/mol. The van der Waals surface area contributed by atoms with E-state index < -0.39 is 12.2 Å². The van der Waals surface area contributed by atoms with Crippen molar-refractivity contribution in [2.24, 2.45) is 0 Å². The number of ether oxygens (including phenoxy) is 3. The SMILES string of the molecule is COc1ccc(CN2C[C@H](F)C[C@H]2C(=O)N2CCOCC2)c(OC)c1. The summed E-state index contributed by atoms with van der Waals surface area (Å²) in [7, 11) is 3.19. The van der Waals surface area contributed by atoms with E-state index in [2.05, 4.69) is 0 Å². The highest BCUT2D eigenvalue weighted by atomic mass is 19.1. The van der Waals surface area contributed by atoms with E-state index >= 15 is 0 Å². The summed E-state index contributed by atoms with van der Waals surface area (Å²) in [4.78, 5) is 16.5. The van der Waals surface area contributed by atoms with Crippen molar-refractivity contribution in [2.75, 3.05) is 47.1 Å². The third kappa shape index (κ3) is 4.04. The molecule has 7 heteroatoms. The van der Waals surface area contributed by atoms with Crippen LogP contribution in [0.2, 0.25) is 0 Å². The van der Waals surface area contributed by atoms with Crippen LogP contribution in [0, 0.1) is 0 Å². The number of hydrogen-bond donors (Lipinski definition) is 0. The van der Waals surface area contributed by atoms with Gasteiger partial charge in [-0.1, -0.05) is 6.07 Å². The molecule has 3 rings (SSSR count). The van der Waals surface area contributed by atoms with Gasteiger partial charge in [0.1, 0.15) is 17.7 Å². The molecule has 1 aromatic rings. The van der Waals surface area contributed by atoms with Gasteiger partial charge in [0, 0.05) is 44.2 Å². The standard InChI is InChI=1S/C18H25FN2O4/c1-23-15-4-3-13(17(10-15)24-2)11-21-12-14(19)9-16(21)18(22)20-5-7-25-8-6-20/h3-4,10,14,16H,5-9,11-12H2,1-2H3/t14-,16+/m1/s1. The minimum absolute atomic E-state index is 0.00377. The van der Waals surface area contributed by atoms with Crippen LogP contribution in [0.25, 0.3) is 0 Å². The molecule has 2 aliphatic heterocycles. The van der Waals surface area contributed by atoms with Gasteiger partial charge in [-0.3, -0.25) is 9.69 Å². The molecular formula is C18H25FN2O4. The molecule has 0 unspecified atom stereocenters. The van der Waals surface area contributed by atoms with E-state index in [1.165, 1.54) is 0 Å². The first-order valence-corrected chi connectivity index (χ1v) is 8.58. The molecule has 0 saturated carbocycles. The molecule has 1 amide bonds. The molecule has 0 aliphatic carbocycles. The molecule has 0 radical (unpaired) electrons. The molecule has 2 fully saturated rings. The maximum absolute atomic E-state index is 14.1. The largest absolute Gasteiger partial charge is 0.497 e. The van der Waals surface area contributed by atoms with Crippen LogP contribution in [0.1, 0.15) is 12.0 Å². The molecule has 2 heterocycles. The molecule has 2 saturated heterocycles. The van der Waals surface area contributed by atoms with Crippen LogP contribution in [-0.2, 0) is 16.1 Å². The van der Waals surface area contributed by atoms with Crippen molar-refractivity contribution in [3.8, 4) is 11.5 Å². The molecule has 2 aliphatic rings. The zero-order valence-electron chi connectivity index (χ0n) is 14.7. The number of rotatable bonds is 5. The average Bonchev–Trinajstić information content (AvgIpc) is 3.02.